The number of amides is 1. The van der Waals surface area contributed by atoms with Crippen LogP contribution in [0, 0.1) is 5.21 Å². The summed E-state index contributed by atoms with van der Waals surface area (Å²) in [7, 11) is 0. The molecule has 0 aromatic rings. The number of carbonyl (C=O) groups excluding carboxylic acids is 1. The predicted molar refractivity (Wildman–Crippen MR) is 60.2 cm³/mol. The lowest BCUT2D eigenvalue weighted by Crippen LogP contribution is -2.17. The molecule has 3 N–H and O–H groups in total. The van der Waals surface area contributed by atoms with Crippen LogP contribution in [0.2, 0.25) is 0 Å². The molecule has 0 radical (unpaired) electrons. The van der Waals surface area contributed by atoms with Crippen molar-refractivity contribution in [1.82, 2.24) is 5.06 Å². The maximum atomic E-state index is 10.1. The second-order valence-electron chi connectivity index (χ2n) is 1.57. The summed E-state index contributed by atoms with van der Waals surface area (Å²) in [6.45, 7) is 0.434. The molecule has 0 saturated carbocycles. The molecule has 0 unspecified atom stereocenters. The van der Waals surface area contributed by atoms with Crippen molar-refractivity contribution in [2.45, 2.75) is 29.7 Å². The van der Waals surface area contributed by atoms with E-state index in [0.717, 1.165) is 5.06 Å². The Hall–Kier alpha value is -1.14. The third-order valence-corrected chi connectivity index (χ3v) is 0.799. The number of hydrogen-bond acceptors (Lipinski definition) is 4. The second kappa shape index (κ2) is 17.8. The van der Waals surface area contributed by atoms with Crippen LogP contribution in [0.5, 0.6) is 0 Å². The molecular formula is C8H25N3O3. The van der Waals surface area contributed by atoms with Crippen LogP contribution in [0.4, 0.5) is 0 Å². The van der Waals surface area contributed by atoms with Crippen molar-refractivity contribution >= 4 is 12.6 Å². The van der Waals surface area contributed by atoms with Crippen LogP contribution in [0.25, 0.3) is 0 Å². The van der Waals surface area contributed by atoms with Gasteiger partial charge in [0.2, 0.25) is 13.1 Å². The predicted octanol–water partition coefficient (Wildman–Crippen LogP) is 0.876. The molecule has 90 valence electrons. The average Bonchev–Trinajstić information content (AvgIpc) is 2.17. The fourth-order valence-electron chi connectivity index (χ4n) is 0.462. The van der Waals surface area contributed by atoms with Gasteiger partial charge in [0.15, 0.2) is 6.21 Å². The summed E-state index contributed by atoms with van der Waals surface area (Å²) in [6, 6.07) is 0. The first-order valence-corrected chi connectivity index (χ1v) is 2.57. The van der Waals surface area contributed by atoms with Gasteiger partial charge in [-0.1, -0.05) is 29.7 Å². The first-order valence-electron chi connectivity index (χ1n) is 2.57. The van der Waals surface area contributed by atoms with E-state index in [9.17, 15) is 5.21 Å². The molecule has 0 atom stereocenters. The molecule has 0 bridgehead atoms. The summed E-state index contributed by atoms with van der Waals surface area (Å²) in [5.41, 5.74) is 4.17. The molecule has 0 aromatic carbocycles. The topological polar surface area (TPSA) is 92.6 Å². The molecule has 1 heterocycles. The van der Waals surface area contributed by atoms with E-state index in [2.05, 4.69) is 5.73 Å². The number of nitrogens with two attached hydrogens (primary N) is 1. The zero-order valence-electron chi connectivity index (χ0n) is 5.30. The van der Waals surface area contributed by atoms with Crippen molar-refractivity contribution in [3.63, 3.8) is 0 Å². The summed E-state index contributed by atoms with van der Waals surface area (Å²) in [4.78, 5) is 8.58. The first-order chi connectivity index (χ1) is 4.70. The van der Waals surface area contributed by atoms with E-state index < -0.39 is 0 Å². The molecular weight excluding hydrogens is 186 g/mol. The fourth-order valence-corrected chi connectivity index (χ4v) is 0.462. The Labute approximate surface area is 87.2 Å². The second-order valence-corrected chi connectivity index (χ2v) is 1.57. The Kier molecular flexibility index (Phi) is 37.3. The van der Waals surface area contributed by atoms with Gasteiger partial charge in [0, 0.05) is 0 Å². The van der Waals surface area contributed by atoms with Crippen molar-refractivity contribution in [3.8, 4) is 0 Å². The lowest BCUT2D eigenvalue weighted by molar-refractivity contribution is -0.482. The van der Waals surface area contributed by atoms with Gasteiger partial charge >= 0.3 is 0 Å². The first kappa shape index (κ1) is 29.3. The number of nitrogens with zero attached hydrogens (tertiary/aromatic N) is 2. The minimum absolute atomic E-state index is 0. The third kappa shape index (κ3) is 17.1. The van der Waals surface area contributed by atoms with E-state index >= 15 is 0 Å². The Morgan fingerprint density at radius 1 is 1.43 bits per heavy atom. The lowest BCUT2D eigenvalue weighted by atomic mass is 10.8. The van der Waals surface area contributed by atoms with Gasteiger partial charge < -0.3 is 16.1 Å². The van der Waals surface area contributed by atoms with Crippen LogP contribution < -0.4 is 5.73 Å². The Morgan fingerprint density at radius 3 is 1.86 bits per heavy atom. The highest BCUT2D eigenvalue weighted by Crippen LogP contribution is 1.85. The fraction of sp³-hybridized carbons (Fsp3) is 0.750. The van der Waals surface area contributed by atoms with E-state index in [0.29, 0.717) is 11.3 Å². The van der Waals surface area contributed by atoms with Crippen LogP contribution in [0.15, 0.2) is 0 Å². The zero-order chi connectivity index (χ0) is 7.98. The van der Waals surface area contributed by atoms with E-state index in [4.69, 9.17) is 10.0 Å². The van der Waals surface area contributed by atoms with E-state index in [1.165, 1.54) is 6.21 Å². The molecule has 14 heavy (non-hydrogen) atoms. The standard InChI is InChI=1S/C3H6N2O2.CH3NO.4CH4/c6-4-1-2-5(7)3-4;2-1-3;;;;/h1,7H,2-3H2;1H,(H2,2,3);4*1H4. The number of rotatable bonds is 0. The van der Waals surface area contributed by atoms with Gasteiger partial charge in [0.05, 0.1) is 0 Å². The summed E-state index contributed by atoms with van der Waals surface area (Å²) < 4.78 is 0.681. The van der Waals surface area contributed by atoms with Gasteiger partial charge in [0.25, 0.3) is 0 Å². The van der Waals surface area contributed by atoms with Gasteiger partial charge in [0.1, 0.15) is 6.54 Å². The number of hydrogen-bond donors (Lipinski definition) is 2. The maximum Gasteiger partial charge on any atom is 0.230 e. The third-order valence-electron chi connectivity index (χ3n) is 0.799. The van der Waals surface area contributed by atoms with Gasteiger partial charge in [-0.25, -0.2) is 0 Å². The molecule has 1 aliphatic heterocycles. The van der Waals surface area contributed by atoms with Crippen LogP contribution in [-0.4, -0.2) is 40.8 Å². The highest BCUT2D eigenvalue weighted by atomic mass is 16.5. The van der Waals surface area contributed by atoms with Gasteiger partial charge in [-0.3, -0.25) is 4.79 Å². The molecule has 1 aliphatic rings. The van der Waals surface area contributed by atoms with Gasteiger partial charge in [-0.15, -0.1) is 5.06 Å². The molecule has 0 aromatic heterocycles. The Balaban J connectivity index is -0.0000000355. The van der Waals surface area contributed by atoms with Gasteiger partial charge in [-0.05, 0) is 0 Å². The van der Waals surface area contributed by atoms with E-state index in [1.807, 2.05) is 0 Å². The van der Waals surface area contributed by atoms with Crippen molar-refractivity contribution < 1.29 is 14.7 Å². The number of hydroxylamine groups is 3. The average molecular weight is 211 g/mol. The van der Waals surface area contributed by atoms with Crippen molar-refractivity contribution in [3.05, 3.63) is 5.21 Å². The summed E-state index contributed by atoms with van der Waals surface area (Å²) in [6.07, 6.45) is 1.62. The molecule has 6 heteroatoms. The van der Waals surface area contributed by atoms with Crippen LogP contribution >= 0.6 is 0 Å². The minimum atomic E-state index is 0. The Morgan fingerprint density at radius 2 is 1.79 bits per heavy atom. The monoisotopic (exact) mass is 211 g/mol. The van der Waals surface area contributed by atoms with Crippen molar-refractivity contribution in [2.75, 3.05) is 13.2 Å². The van der Waals surface area contributed by atoms with Crippen LogP contribution in [-0.2, 0) is 4.79 Å². The van der Waals surface area contributed by atoms with E-state index in [1.54, 1.807) is 0 Å². The molecule has 1 amide bonds. The Bertz CT molecular complexity index is 140. The van der Waals surface area contributed by atoms with Crippen LogP contribution in [0.3, 0.4) is 0 Å². The summed E-state index contributed by atoms with van der Waals surface area (Å²) >= 11 is 0. The SMILES string of the molecule is C.C.C.C.NC=O.[O-][N+]1=CCN(O)C1. The summed E-state index contributed by atoms with van der Waals surface area (Å²) in [5.74, 6) is 0. The quantitative estimate of drug-likeness (QED) is 0.353. The zero-order valence-corrected chi connectivity index (χ0v) is 5.30. The molecule has 6 nitrogen and oxygen atoms in total. The molecule has 1 rings (SSSR count). The number of primary amides is 1. The van der Waals surface area contributed by atoms with Crippen molar-refractivity contribution in [2.24, 2.45) is 5.73 Å². The smallest absolute Gasteiger partial charge is 0.230 e. The van der Waals surface area contributed by atoms with Crippen molar-refractivity contribution in [1.29, 1.82) is 0 Å². The maximum absolute atomic E-state index is 10.1. The molecule has 0 saturated heterocycles. The normalized spacial score (nSPS) is 12.2. The highest BCUT2D eigenvalue weighted by molar-refractivity contribution is 5.54. The molecule has 0 fully saturated rings. The van der Waals surface area contributed by atoms with Gasteiger partial charge in [-0.2, -0.15) is 4.74 Å². The molecule has 0 spiro atoms. The minimum Gasteiger partial charge on any atom is -0.623 e. The van der Waals surface area contributed by atoms with Crippen LogP contribution in [0.1, 0.15) is 29.7 Å². The van der Waals surface area contributed by atoms with E-state index in [-0.39, 0.29) is 42.8 Å². The largest absolute Gasteiger partial charge is 0.623 e. The molecule has 0 aliphatic carbocycles. The lowest BCUT2D eigenvalue weighted by Gasteiger charge is -1.98. The highest BCUT2D eigenvalue weighted by Gasteiger charge is 2.10. The number of carbonyl (C=O) groups is 1. The summed E-state index contributed by atoms with van der Waals surface area (Å²) in [5, 5.41) is 19.5.